The van der Waals surface area contributed by atoms with E-state index in [9.17, 15) is 0 Å². The zero-order valence-electron chi connectivity index (χ0n) is 8.93. The first kappa shape index (κ1) is 8.59. The molecule has 70 valence electrons. The summed E-state index contributed by atoms with van der Waals surface area (Å²) in [7, 11) is 0. The highest BCUT2D eigenvalue weighted by molar-refractivity contribution is 4.98. The number of hydrogen-bond acceptors (Lipinski definition) is 0. The fraction of sp³-hybridized carbons (Fsp3) is 1.00. The van der Waals surface area contributed by atoms with Crippen molar-refractivity contribution in [3.63, 3.8) is 0 Å². The Labute approximate surface area is 76.7 Å². The van der Waals surface area contributed by atoms with Crippen molar-refractivity contribution in [2.75, 3.05) is 0 Å². The predicted molar refractivity (Wildman–Crippen MR) is 52.9 cm³/mol. The van der Waals surface area contributed by atoms with Gasteiger partial charge in [-0.25, -0.2) is 0 Å². The summed E-state index contributed by atoms with van der Waals surface area (Å²) in [5.74, 6) is 4.17. The minimum absolute atomic E-state index is 0.555. The van der Waals surface area contributed by atoms with E-state index in [4.69, 9.17) is 0 Å². The average molecular weight is 166 g/mol. The summed E-state index contributed by atoms with van der Waals surface area (Å²) >= 11 is 0. The molecule has 0 nitrogen and oxygen atoms in total. The van der Waals surface area contributed by atoms with Gasteiger partial charge in [-0.15, -0.1) is 0 Å². The monoisotopic (exact) mass is 166 g/mol. The number of rotatable bonds is 0. The molecule has 4 atom stereocenters. The molecule has 0 spiro atoms. The van der Waals surface area contributed by atoms with Crippen LogP contribution in [0.1, 0.15) is 47.0 Å². The van der Waals surface area contributed by atoms with E-state index >= 15 is 0 Å². The van der Waals surface area contributed by atoms with Gasteiger partial charge in [-0.3, -0.25) is 0 Å². The van der Waals surface area contributed by atoms with Crippen LogP contribution in [0.4, 0.5) is 0 Å². The zero-order valence-corrected chi connectivity index (χ0v) is 8.93. The highest BCUT2D eigenvalue weighted by Gasteiger charge is 2.49. The van der Waals surface area contributed by atoms with Gasteiger partial charge in [-0.2, -0.15) is 0 Å². The first-order chi connectivity index (χ1) is 5.50. The molecule has 2 rings (SSSR count). The van der Waals surface area contributed by atoms with Crippen molar-refractivity contribution >= 4 is 0 Å². The quantitative estimate of drug-likeness (QED) is 0.514. The smallest absolute Gasteiger partial charge is 0.0308 e. The SMILES string of the molecule is C[C@H]1C2CCC(C2)C1C(C)(C)C. The van der Waals surface area contributed by atoms with E-state index in [0.29, 0.717) is 5.41 Å². The van der Waals surface area contributed by atoms with Crippen molar-refractivity contribution in [2.24, 2.45) is 29.1 Å². The second kappa shape index (κ2) is 2.49. The van der Waals surface area contributed by atoms with Crippen LogP contribution < -0.4 is 0 Å². The van der Waals surface area contributed by atoms with Crippen LogP contribution >= 0.6 is 0 Å². The van der Waals surface area contributed by atoms with Gasteiger partial charge in [0, 0.05) is 0 Å². The van der Waals surface area contributed by atoms with E-state index in [2.05, 4.69) is 27.7 Å². The molecule has 3 unspecified atom stereocenters. The Kier molecular flexibility index (Phi) is 1.79. The van der Waals surface area contributed by atoms with E-state index in [1.54, 1.807) is 6.42 Å². The largest absolute Gasteiger partial charge is 0.0619 e. The highest BCUT2D eigenvalue weighted by Crippen LogP contribution is 2.57. The molecule has 0 N–H and O–H groups in total. The van der Waals surface area contributed by atoms with Crippen LogP contribution in [-0.2, 0) is 0 Å². The normalized spacial score (nSPS) is 47.0. The lowest BCUT2D eigenvalue weighted by Gasteiger charge is -2.38. The van der Waals surface area contributed by atoms with Crippen LogP contribution in [0.3, 0.4) is 0 Å². The van der Waals surface area contributed by atoms with Crippen LogP contribution in [0.2, 0.25) is 0 Å². The summed E-state index contributed by atoms with van der Waals surface area (Å²) in [6.07, 6.45) is 4.60. The van der Waals surface area contributed by atoms with Gasteiger partial charge in [-0.05, 0) is 48.3 Å². The molecule has 0 radical (unpaired) electrons. The maximum absolute atomic E-state index is 2.49. The second-order valence-corrected chi connectivity index (χ2v) is 6.08. The van der Waals surface area contributed by atoms with Gasteiger partial charge in [0.15, 0.2) is 0 Å². The van der Waals surface area contributed by atoms with E-state index in [-0.39, 0.29) is 0 Å². The average Bonchev–Trinajstić information content (AvgIpc) is 2.42. The summed E-state index contributed by atoms with van der Waals surface area (Å²) < 4.78 is 0. The number of hydrogen-bond donors (Lipinski definition) is 0. The summed E-state index contributed by atoms with van der Waals surface area (Å²) in [4.78, 5) is 0. The van der Waals surface area contributed by atoms with Gasteiger partial charge in [-0.1, -0.05) is 27.7 Å². The predicted octanol–water partition coefficient (Wildman–Crippen LogP) is 3.71. The Hall–Kier alpha value is 0. The van der Waals surface area contributed by atoms with Crippen LogP contribution in [0, 0.1) is 29.1 Å². The van der Waals surface area contributed by atoms with Gasteiger partial charge in [0.1, 0.15) is 0 Å². The van der Waals surface area contributed by atoms with Gasteiger partial charge >= 0.3 is 0 Å². The van der Waals surface area contributed by atoms with E-state index in [1.165, 1.54) is 12.8 Å². The van der Waals surface area contributed by atoms with Crippen molar-refractivity contribution in [1.82, 2.24) is 0 Å². The van der Waals surface area contributed by atoms with Crippen molar-refractivity contribution in [2.45, 2.75) is 47.0 Å². The fourth-order valence-corrected chi connectivity index (χ4v) is 4.07. The topological polar surface area (TPSA) is 0 Å². The lowest BCUT2D eigenvalue weighted by molar-refractivity contribution is 0.106. The molecule has 2 aliphatic carbocycles. The van der Waals surface area contributed by atoms with E-state index in [0.717, 1.165) is 23.7 Å². The van der Waals surface area contributed by atoms with E-state index in [1.807, 2.05) is 0 Å². The number of fused-ring (bicyclic) bond motifs is 2. The van der Waals surface area contributed by atoms with Crippen LogP contribution in [-0.4, -0.2) is 0 Å². The molecule has 2 aliphatic rings. The van der Waals surface area contributed by atoms with E-state index < -0.39 is 0 Å². The third-order valence-corrected chi connectivity index (χ3v) is 4.33. The maximum atomic E-state index is 2.49. The first-order valence-electron chi connectivity index (χ1n) is 5.50. The minimum Gasteiger partial charge on any atom is -0.0619 e. The summed E-state index contributed by atoms with van der Waals surface area (Å²) in [6.45, 7) is 9.76. The maximum Gasteiger partial charge on any atom is -0.0308 e. The summed E-state index contributed by atoms with van der Waals surface area (Å²) in [5.41, 5.74) is 0.555. The van der Waals surface area contributed by atoms with Crippen LogP contribution in [0.15, 0.2) is 0 Å². The summed E-state index contributed by atoms with van der Waals surface area (Å²) in [5, 5.41) is 0. The molecule has 0 aromatic heterocycles. The van der Waals surface area contributed by atoms with Crippen molar-refractivity contribution in [3.05, 3.63) is 0 Å². The summed E-state index contributed by atoms with van der Waals surface area (Å²) in [6, 6.07) is 0. The Morgan fingerprint density at radius 1 is 1.00 bits per heavy atom. The lowest BCUT2D eigenvalue weighted by Crippen LogP contribution is -2.31. The Morgan fingerprint density at radius 3 is 1.92 bits per heavy atom. The Morgan fingerprint density at radius 2 is 1.58 bits per heavy atom. The molecule has 0 aromatic rings. The second-order valence-electron chi connectivity index (χ2n) is 6.08. The molecule has 2 saturated carbocycles. The van der Waals surface area contributed by atoms with Gasteiger partial charge < -0.3 is 0 Å². The molecule has 0 heterocycles. The molecule has 12 heavy (non-hydrogen) atoms. The third kappa shape index (κ3) is 1.11. The zero-order chi connectivity index (χ0) is 8.93. The lowest BCUT2D eigenvalue weighted by atomic mass is 9.67. The Bertz CT molecular complexity index is 173. The standard InChI is InChI=1S/C12H22/c1-8-9-5-6-10(7-9)11(8)12(2,3)4/h8-11H,5-7H2,1-4H3/t8-,9?,10?,11?/m0/s1. The fourth-order valence-electron chi connectivity index (χ4n) is 4.07. The molecule has 0 heteroatoms. The van der Waals surface area contributed by atoms with Gasteiger partial charge in [0.05, 0.1) is 0 Å². The van der Waals surface area contributed by atoms with Crippen molar-refractivity contribution in [3.8, 4) is 0 Å². The Balaban J connectivity index is 2.17. The van der Waals surface area contributed by atoms with Crippen LogP contribution in [0.25, 0.3) is 0 Å². The minimum atomic E-state index is 0.555. The molecule has 2 fully saturated rings. The molecular weight excluding hydrogens is 144 g/mol. The molecule has 0 amide bonds. The highest BCUT2D eigenvalue weighted by atomic mass is 14.5. The molecular formula is C12H22. The molecule has 0 aliphatic heterocycles. The third-order valence-electron chi connectivity index (χ3n) is 4.33. The first-order valence-corrected chi connectivity index (χ1v) is 5.50. The molecule has 0 saturated heterocycles. The van der Waals surface area contributed by atoms with Gasteiger partial charge in [0.25, 0.3) is 0 Å². The molecule has 0 aromatic carbocycles. The van der Waals surface area contributed by atoms with Crippen molar-refractivity contribution < 1.29 is 0 Å². The van der Waals surface area contributed by atoms with Crippen LogP contribution in [0.5, 0.6) is 0 Å². The van der Waals surface area contributed by atoms with Gasteiger partial charge in [0.2, 0.25) is 0 Å². The van der Waals surface area contributed by atoms with Crippen molar-refractivity contribution in [1.29, 1.82) is 0 Å². The molecule has 2 bridgehead atoms.